The summed E-state index contributed by atoms with van der Waals surface area (Å²) in [5, 5.41) is 9.20. The van der Waals surface area contributed by atoms with Crippen LogP contribution in [0.1, 0.15) is 45.6 Å². The zero-order chi connectivity index (χ0) is 22.5. The van der Waals surface area contributed by atoms with Gasteiger partial charge < -0.3 is 14.8 Å². The van der Waals surface area contributed by atoms with E-state index in [9.17, 15) is 24.0 Å². The van der Waals surface area contributed by atoms with Crippen LogP contribution >= 0.6 is 0 Å². The topological polar surface area (TPSA) is 97.3 Å². The largest absolute Gasteiger partial charge is 0.341 e. The third kappa shape index (κ3) is 4.82. The molecule has 0 unspecified atom stereocenters. The van der Waals surface area contributed by atoms with Crippen LogP contribution in [0, 0.1) is 31.0 Å². The maximum atomic E-state index is 14.0. The van der Waals surface area contributed by atoms with E-state index in [0.717, 1.165) is 5.56 Å². The van der Waals surface area contributed by atoms with Crippen molar-refractivity contribution in [3.05, 3.63) is 68.4 Å². The lowest BCUT2D eigenvalue weighted by Crippen LogP contribution is -2.37. The standard InChI is InChI=1S/C23H25FN4O3/c1-15-17(16(2)26-22(30)19(15)14-25)8-9-21(29)27-10-5-11-28(13-12-27)23(31)18-6-3-4-7-20(18)24/h3-4,6-7H,5,8-13H2,1-2H3,(H,26,30). The highest BCUT2D eigenvalue weighted by molar-refractivity contribution is 5.94. The first-order valence-corrected chi connectivity index (χ1v) is 10.3. The van der Waals surface area contributed by atoms with Crippen LogP contribution < -0.4 is 5.56 Å². The van der Waals surface area contributed by atoms with Crippen LogP contribution in [0.15, 0.2) is 29.1 Å². The Hall–Kier alpha value is -3.47. The lowest BCUT2D eigenvalue weighted by Gasteiger charge is -2.22. The Bertz CT molecular complexity index is 1100. The van der Waals surface area contributed by atoms with Gasteiger partial charge in [0.25, 0.3) is 11.5 Å². The number of carbonyl (C=O) groups excluding carboxylic acids is 2. The van der Waals surface area contributed by atoms with Crippen LogP contribution in [0.4, 0.5) is 4.39 Å². The Labute approximate surface area is 180 Å². The number of nitrogens with one attached hydrogen (secondary N) is 1. The lowest BCUT2D eigenvalue weighted by molar-refractivity contribution is -0.131. The molecule has 1 aromatic heterocycles. The van der Waals surface area contributed by atoms with Crippen molar-refractivity contribution < 1.29 is 14.0 Å². The molecule has 0 aliphatic carbocycles. The fourth-order valence-corrected chi connectivity index (χ4v) is 3.99. The number of carbonyl (C=O) groups is 2. The molecule has 1 aliphatic rings. The molecule has 0 atom stereocenters. The molecule has 8 heteroatoms. The number of benzene rings is 1. The predicted octanol–water partition coefficient (Wildman–Crippen LogP) is 2.31. The normalized spacial score (nSPS) is 14.1. The number of nitriles is 1. The van der Waals surface area contributed by atoms with Gasteiger partial charge in [-0.25, -0.2) is 4.39 Å². The Morgan fingerprint density at radius 3 is 2.52 bits per heavy atom. The number of hydrogen-bond acceptors (Lipinski definition) is 4. The van der Waals surface area contributed by atoms with E-state index in [1.165, 1.54) is 12.1 Å². The average Bonchev–Trinajstić information content (AvgIpc) is 3.00. The lowest BCUT2D eigenvalue weighted by atomic mass is 9.99. The van der Waals surface area contributed by atoms with Crippen molar-refractivity contribution in [2.75, 3.05) is 26.2 Å². The van der Waals surface area contributed by atoms with Gasteiger partial charge in [-0.1, -0.05) is 12.1 Å². The number of aryl methyl sites for hydroxylation is 1. The minimum atomic E-state index is -0.548. The van der Waals surface area contributed by atoms with Gasteiger partial charge in [-0.2, -0.15) is 5.26 Å². The zero-order valence-corrected chi connectivity index (χ0v) is 17.7. The summed E-state index contributed by atoms with van der Waals surface area (Å²) in [5.74, 6) is -0.965. The third-order valence-corrected chi connectivity index (χ3v) is 5.75. The Morgan fingerprint density at radius 2 is 1.81 bits per heavy atom. The molecular weight excluding hydrogens is 399 g/mol. The van der Waals surface area contributed by atoms with E-state index >= 15 is 0 Å². The molecule has 0 bridgehead atoms. The molecule has 1 aromatic carbocycles. The van der Waals surface area contributed by atoms with Gasteiger partial charge in [-0.3, -0.25) is 14.4 Å². The number of halogens is 1. The van der Waals surface area contributed by atoms with E-state index in [1.807, 2.05) is 6.07 Å². The molecule has 2 heterocycles. The molecule has 0 spiro atoms. The zero-order valence-electron chi connectivity index (χ0n) is 17.7. The van der Waals surface area contributed by atoms with Crippen molar-refractivity contribution in [1.29, 1.82) is 5.26 Å². The number of aromatic nitrogens is 1. The minimum absolute atomic E-state index is 0.0413. The smallest absolute Gasteiger partial charge is 0.266 e. The molecule has 1 fully saturated rings. The summed E-state index contributed by atoms with van der Waals surface area (Å²) >= 11 is 0. The van der Waals surface area contributed by atoms with E-state index in [0.29, 0.717) is 50.3 Å². The van der Waals surface area contributed by atoms with Crippen LogP contribution in [0.3, 0.4) is 0 Å². The van der Waals surface area contributed by atoms with Crippen LogP contribution in [0.25, 0.3) is 0 Å². The summed E-state index contributed by atoms with van der Waals surface area (Å²) in [7, 11) is 0. The number of pyridine rings is 1. The van der Waals surface area contributed by atoms with Gasteiger partial charge >= 0.3 is 0 Å². The van der Waals surface area contributed by atoms with Gasteiger partial charge in [0.2, 0.25) is 5.91 Å². The van der Waals surface area contributed by atoms with Gasteiger partial charge in [0.1, 0.15) is 17.4 Å². The molecule has 1 aliphatic heterocycles. The first-order chi connectivity index (χ1) is 14.8. The number of nitrogens with zero attached hydrogens (tertiary/aromatic N) is 3. The maximum Gasteiger partial charge on any atom is 0.266 e. The second-order valence-electron chi connectivity index (χ2n) is 7.68. The average molecular weight is 424 g/mol. The highest BCUT2D eigenvalue weighted by Gasteiger charge is 2.24. The third-order valence-electron chi connectivity index (χ3n) is 5.75. The molecule has 3 rings (SSSR count). The van der Waals surface area contributed by atoms with E-state index in [4.69, 9.17) is 0 Å². The van der Waals surface area contributed by atoms with Crippen LogP contribution in [-0.4, -0.2) is 52.8 Å². The molecule has 0 saturated carbocycles. The predicted molar refractivity (Wildman–Crippen MR) is 113 cm³/mol. The molecule has 31 heavy (non-hydrogen) atoms. The molecule has 2 aromatic rings. The second-order valence-corrected chi connectivity index (χ2v) is 7.68. The Kier molecular flexibility index (Phi) is 6.85. The molecule has 7 nitrogen and oxygen atoms in total. The van der Waals surface area contributed by atoms with Gasteiger partial charge in [0, 0.05) is 38.3 Å². The molecule has 1 N–H and O–H groups in total. The fourth-order valence-electron chi connectivity index (χ4n) is 3.99. The number of hydrogen-bond donors (Lipinski definition) is 1. The summed E-state index contributed by atoms with van der Waals surface area (Å²) in [5.41, 5.74) is 1.76. The van der Waals surface area contributed by atoms with E-state index in [2.05, 4.69) is 4.98 Å². The minimum Gasteiger partial charge on any atom is -0.341 e. The monoisotopic (exact) mass is 424 g/mol. The summed E-state index contributed by atoms with van der Waals surface area (Å²) in [6.45, 7) is 5.18. The summed E-state index contributed by atoms with van der Waals surface area (Å²) in [6.07, 6.45) is 1.26. The van der Waals surface area contributed by atoms with Crippen molar-refractivity contribution in [2.45, 2.75) is 33.1 Å². The van der Waals surface area contributed by atoms with Gasteiger partial charge in [0.15, 0.2) is 0 Å². The number of rotatable bonds is 4. The Balaban J connectivity index is 1.63. The van der Waals surface area contributed by atoms with Crippen LogP contribution in [0.5, 0.6) is 0 Å². The van der Waals surface area contributed by atoms with Crippen molar-refractivity contribution in [3.8, 4) is 6.07 Å². The molecule has 0 radical (unpaired) electrons. The van der Waals surface area contributed by atoms with Crippen molar-refractivity contribution in [1.82, 2.24) is 14.8 Å². The molecular formula is C23H25FN4O3. The van der Waals surface area contributed by atoms with E-state index in [-0.39, 0.29) is 29.4 Å². The molecule has 1 saturated heterocycles. The quantitative estimate of drug-likeness (QED) is 0.814. The highest BCUT2D eigenvalue weighted by Crippen LogP contribution is 2.17. The number of aromatic amines is 1. The summed E-state index contributed by atoms with van der Waals surface area (Å²) < 4.78 is 14.0. The van der Waals surface area contributed by atoms with Crippen molar-refractivity contribution >= 4 is 11.8 Å². The second kappa shape index (κ2) is 9.56. The number of H-pyrrole nitrogens is 1. The van der Waals surface area contributed by atoms with Gasteiger partial charge in [-0.05, 0) is 49.9 Å². The van der Waals surface area contributed by atoms with Gasteiger partial charge in [-0.15, -0.1) is 0 Å². The fraction of sp³-hybridized carbons (Fsp3) is 0.391. The first kappa shape index (κ1) is 22.2. The first-order valence-electron chi connectivity index (χ1n) is 10.3. The Morgan fingerprint density at radius 1 is 1.13 bits per heavy atom. The summed E-state index contributed by atoms with van der Waals surface area (Å²) in [6, 6.07) is 7.82. The van der Waals surface area contributed by atoms with Crippen LogP contribution in [-0.2, 0) is 11.2 Å². The maximum absolute atomic E-state index is 14.0. The SMILES string of the molecule is Cc1[nH]c(=O)c(C#N)c(C)c1CCC(=O)N1CCCN(C(=O)c2ccccc2F)CC1. The molecule has 2 amide bonds. The molecule has 162 valence electrons. The van der Waals surface area contributed by atoms with Crippen molar-refractivity contribution in [3.63, 3.8) is 0 Å². The summed E-state index contributed by atoms with van der Waals surface area (Å²) in [4.78, 5) is 43.3. The van der Waals surface area contributed by atoms with E-state index < -0.39 is 11.4 Å². The van der Waals surface area contributed by atoms with E-state index in [1.54, 1.807) is 35.8 Å². The highest BCUT2D eigenvalue weighted by atomic mass is 19.1. The van der Waals surface area contributed by atoms with Crippen LogP contribution in [0.2, 0.25) is 0 Å². The number of amides is 2. The van der Waals surface area contributed by atoms with Crippen molar-refractivity contribution in [2.24, 2.45) is 0 Å². The van der Waals surface area contributed by atoms with Gasteiger partial charge in [0.05, 0.1) is 5.56 Å².